The average molecular weight is 306 g/mol. The molecule has 1 N–H and O–H groups in total. The number of likely N-dealkylation sites (N-methyl/N-ethyl adjacent to an activating group) is 1. The number of carbonyl (C=O) groups is 1. The molecule has 1 aliphatic heterocycles. The van der Waals surface area contributed by atoms with Gasteiger partial charge in [-0.25, -0.2) is 0 Å². The predicted molar refractivity (Wildman–Crippen MR) is 81.1 cm³/mol. The van der Waals surface area contributed by atoms with Gasteiger partial charge >= 0.3 is 0 Å². The van der Waals surface area contributed by atoms with Crippen LogP contribution in [0.25, 0.3) is 0 Å². The molecular formula is C13H21Cl2N3O. The maximum atomic E-state index is 12.0. The summed E-state index contributed by atoms with van der Waals surface area (Å²) in [7, 11) is 1.91. The highest BCUT2D eigenvalue weighted by Crippen LogP contribution is 2.09. The van der Waals surface area contributed by atoms with Gasteiger partial charge < -0.3 is 10.2 Å². The molecule has 1 aromatic heterocycles. The standard InChI is InChI=1S/C13H19N3O.2ClH/c1-16(12-6-9-15-10-12)13(17)3-2-11-4-7-14-8-5-11;;/h4-5,7-8,12,15H,2-3,6,9-10H2,1H3;2*1H. The van der Waals surface area contributed by atoms with Gasteiger partial charge in [-0.1, -0.05) is 0 Å². The van der Waals surface area contributed by atoms with E-state index in [1.165, 1.54) is 5.56 Å². The molecular weight excluding hydrogens is 285 g/mol. The monoisotopic (exact) mass is 305 g/mol. The van der Waals surface area contributed by atoms with Crippen molar-refractivity contribution >= 4 is 30.7 Å². The van der Waals surface area contributed by atoms with Crippen LogP contribution in [0.2, 0.25) is 0 Å². The first-order valence-corrected chi connectivity index (χ1v) is 6.12. The first-order chi connectivity index (χ1) is 8.27. The number of nitrogens with zero attached hydrogens (tertiary/aromatic N) is 2. The molecule has 1 atom stereocenters. The van der Waals surface area contributed by atoms with Crippen molar-refractivity contribution in [2.75, 3.05) is 20.1 Å². The molecule has 4 nitrogen and oxygen atoms in total. The third-order valence-electron chi connectivity index (χ3n) is 3.35. The molecule has 1 saturated heterocycles. The Hall–Kier alpha value is -0.840. The van der Waals surface area contributed by atoms with Gasteiger partial charge in [-0.2, -0.15) is 0 Å². The van der Waals surface area contributed by atoms with Crippen molar-refractivity contribution in [2.24, 2.45) is 0 Å². The van der Waals surface area contributed by atoms with Crippen LogP contribution in [0.3, 0.4) is 0 Å². The molecule has 108 valence electrons. The zero-order valence-corrected chi connectivity index (χ0v) is 12.7. The lowest BCUT2D eigenvalue weighted by Crippen LogP contribution is -2.38. The number of aryl methyl sites for hydroxylation is 1. The minimum Gasteiger partial charge on any atom is -0.341 e. The van der Waals surface area contributed by atoms with Crippen molar-refractivity contribution in [1.82, 2.24) is 15.2 Å². The number of carbonyl (C=O) groups excluding carboxylic acids is 1. The van der Waals surface area contributed by atoms with E-state index < -0.39 is 0 Å². The van der Waals surface area contributed by atoms with E-state index in [2.05, 4.69) is 10.3 Å². The van der Waals surface area contributed by atoms with Crippen LogP contribution in [0.4, 0.5) is 0 Å². The summed E-state index contributed by atoms with van der Waals surface area (Å²) in [5.74, 6) is 0.232. The predicted octanol–water partition coefficient (Wildman–Crippen LogP) is 1.68. The fourth-order valence-corrected chi connectivity index (χ4v) is 2.15. The van der Waals surface area contributed by atoms with Crippen LogP contribution in [0.1, 0.15) is 18.4 Å². The zero-order chi connectivity index (χ0) is 12.1. The number of pyridine rings is 1. The molecule has 6 heteroatoms. The van der Waals surface area contributed by atoms with Crippen molar-refractivity contribution in [2.45, 2.75) is 25.3 Å². The largest absolute Gasteiger partial charge is 0.341 e. The highest BCUT2D eigenvalue weighted by atomic mass is 35.5. The average Bonchev–Trinajstić information content (AvgIpc) is 2.90. The van der Waals surface area contributed by atoms with E-state index >= 15 is 0 Å². The van der Waals surface area contributed by atoms with Gasteiger partial charge in [0, 0.05) is 38.4 Å². The van der Waals surface area contributed by atoms with Crippen LogP contribution >= 0.6 is 24.8 Å². The second-order valence-corrected chi connectivity index (χ2v) is 4.51. The Bertz CT molecular complexity index is 369. The second kappa shape index (κ2) is 9.13. The van der Waals surface area contributed by atoms with E-state index in [0.29, 0.717) is 12.5 Å². The van der Waals surface area contributed by atoms with E-state index in [9.17, 15) is 4.79 Å². The fourth-order valence-electron chi connectivity index (χ4n) is 2.15. The third kappa shape index (κ3) is 5.35. The third-order valence-corrected chi connectivity index (χ3v) is 3.35. The van der Waals surface area contributed by atoms with Crippen LogP contribution in [-0.4, -0.2) is 42.0 Å². The van der Waals surface area contributed by atoms with Crippen molar-refractivity contribution in [3.05, 3.63) is 30.1 Å². The van der Waals surface area contributed by atoms with Crippen LogP contribution in [0.5, 0.6) is 0 Å². The molecule has 2 heterocycles. The minimum atomic E-state index is 0. The van der Waals surface area contributed by atoms with Crippen LogP contribution < -0.4 is 5.32 Å². The molecule has 2 rings (SSSR count). The number of halogens is 2. The van der Waals surface area contributed by atoms with Gasteiger partial charge in [-0.3, -0.25) is 9.78 Å². The molecule has 0 aromatic carbocycles. The molecule has 1 aromatic rings. The van der Waals surface area contributed by atoms with E-state index in [1.807, 2.05) is 24.1 Å². The minimum absolute atomic E-state index is 0. The molecule has 1 aliphatic rings. The molecule has 19 heavy (non-hydrogen) atoms. The SMILES string of the molecule is CN(C(=O)CCc1ccncc1)C1CCNC1.Cl.Cl. The van der Waals surface area contributed by atoms with E-state index in [1.54, 1.807) is 12.4 Å². The summed E-state index contributed by atoms with van der Waals surface area (Å²) in [5.41, 5.74) is 1.17. The summed E-state index contributed by atoms with van der Waals surface area (Å²) in [4.78, 5) is 17.8. The van der Waals surface area contributed by atoms with Crippen molar-refractivity contribution in [3.63, 3.8) is 0 Å². The Balaban J connectivity index is 0.00000162. The van der Waals surface area contributed by atoms with E-state index in [4.69, 9.17) is 0 Å². The zero-order valence-electron chi connectivity index (χ0n) is 11.0. The molecule has 1 unspecified atom stereocenters. The highest BCUT2D eigenvalue weighted by Gasteiger charge is 2.22. The maximum Gasteiger partial charge on any atom is 0.222 e. The summed E-state index contributed by atoms with van der Waals surface area (Å²) in [6.07, 6.45) is 5.98. The normalized spacial score (nSPS) is 17.2. The van der Waals surface area contributed by atoms with E-state index in [-0.39, 0.29) is 30.7 Å². The Labute approximate surface area is 126 Å². The molecule has 0 bridgehead atoms. The smallest absolute Gasteiger partial charge is 0.222 e. The summed E-state index contributed by atoms with van der Waals surface area (Å²) in [6, 6.07) is 4.30. The number of rotatable bonds is 4. The number of hydrogen-bond acceptors (Lipinski definition) is 3. The molecule has 0 saturated carbocycles. The topological polar surface area (TPSA) is 45.2 Å². The quantitative estimate of drug-likeness (QED) is 0.920. The van der Waals surface area contributed by atoms with Gasteiger partial charge in [0.1, 0.15) is 0 Å². The lowest BCUT2D eigenvalue weighted by molar-refractivity contribution is -0.131. The molecule has 0 aliphatic carbocycles. The van der Waals surface area contributed by atoms with Gasteiger partial charge in [0.15, 0.2) is 0 Å². The van der Waals surface area contributed by atoms with Gasteiger partial charge in [0.2, 0.25) is 5.91 Å². The summed E-state index contributed by atoms with van der Waals surface area (Å²) in [6.45, 7) is 1.95. The molecule has 1 fully saturated rings. The Morgan fingerprint density at radius 2 is 2.11 bits per heavy atom. The van der Waals surface area contributed by atoms with Gasteiger partial charge in [0.05, 0.1) is 0 Å². The highest BCUT2D eigenvalue weighted by molar-refractivity contribution is 5.85. The van der Waals surface area contributed by atoms with Gasteiger partial charge in [0.25, 0.3) is 0 Å². The Morgan fingerprint density at radius 1 is 1.42 bits per heavy atom. The van der Waals surface area contributed by atoms with E-state index in [0.717, 1.165) is 25.9 Å². The van der Waals surface area contributed by atoms with Crippen LogP contribution in [0.15, 0.2) is 24.5 Å². The molecule has 0 spiro atoms. The molecule has 1 amide bonds. The van der Waals surface area contributed by atoms with Crippen molar-refractivity contribution in [3.8, 4) is 0 Å². The Morgan fingerprint density at radius 3 is 2.68 bits per heavy atom. The first-order valence-electron chi connectivity index (χ1n) is 6.12. The van der Waals surface area contributed by atoms with Crippen molar-refractivity contribution in [1.29, 1.82) is 0 Å². The van der Waals surface area contributed by atoms with Crippen molar-refractivity contribution < 1.29 is 4.79 Å². The van der Waals surface area contributed by atoms with Crippen LogP contribution in [-0.2, 0) is 11.2 Å². The Kier molecular flexibility index (Phi) is 8.72. The van der Waals surface area contributed by atoms with Gasteiger partial charge in [-0.05, 0) is 37.1 Å². The lowest BCUT2D eigenvalue weighted by Gasteiger charge is -2.23. The number of nitrogens with one attached hydrogen (secondary N) is 1. The maximum absolute atomic E-state index is 12.0. The molecule has 0 radical (unpaired) electrons. The lowest BCUT2D eigenvalue weighted by atomic mass is 10.1. The number of amides is 1. The van der Waals surface area contributed by atoms with Gasteiger partial charge in [-0.15, -0.1) is 24.8 Å². The second-order valence-electron chi connectivity index (χ2n) is 4.51. The number of hydrogen-bond donors (Lipinski definition) is 1. The summed E-state index contributed by atoms with van der Waals surface area (Å²) >= 11 is 0. The number of aromatic nitrogens is 1. The summed E-state index contributed by atoms with van der Waals surface area (Å²) in [5, 5.41) is 3.28. The summed E-state index contributed by atoms with van der Waals surface area (Å²) < 4.78 is 0. The van der Waals surface area contributed by atoms with Crippen LogP contribution in [0, 0.1) is 0 Å². The fraction of sp³-hybridized carbons (Fsp3) is 0.538. The first kappa shape index (κ1) is 18.2.